The molecular weight excluding hydrogens is 499 g/mol. The third-order valence-corrected chi connectivity index (χ3v) is 7.87. The van der Waals surface area contributed by atoms with E-state index in [2.05, 4.69) is 15.0 Å². The normalized spacial score (nSPS) is 15.8. The van der Waals surface area contributed by atoms with Crippen LogP contribution in [-0.4, -0.2) is 63.4 Å². The van der Waals surface area contributed by atoms with Crippen LogP contribution in [0.3, 0.4) is 0 Å². The summed E-state index contributed by atoms with van der Waals surface area (Å²) in [6.07, 6.45) is 1.48. The number of nitrogens with one attached hydrogen (secondary N) is 1. The van der Waals surface area contributed by atoms with Crippen molar-refractivity contribution in [2.24, 2.45) is 0 Å². The molecule has 1 aliphatic heterocycles. The summed E-state index contributed by atoms with van der Waals surface area (Å²) >= 11 is 11.8. The zero-order valence-electron chi connectivity index (χ0n) is 17.9. The van der Waals surface area contributed by atoms with Gasteiger partial charge in [-0.3, -0.25) is 4.79 Å². The van der Waals surface area contributed by atoms with Crippen LogP contribution in [-0.2, 0) is 10.0 Å². The molecule has 1 amide bonds. The first-order valence-corrected chi connectivity index (χ1v) is 12.2. The highest BCUT2D eigenvalue weighted by molar-refractivity contribution is 7.89. The number of alkyl halides is 2. The SMILES string of the molecule is CN1CCC(N(C)S(=O)(=O)c2ccc(NC(=O)c3cc(Cl)cc(Cl)c3OC(F)F)cc2)CC1. The summed E-state index contributed by atoms with van der Waals surface area (Å²) in [4.78, 5) is 14.9. The van der Waals surface area contributed by atoms with Crippen molar-refractivity contribution in [1.29, 1.82) is 0 Å². The number of ether oxygens (including phenoxy) is 1. The van der Waals surface area contributed by atoms with Crippen LogP contribution in [0.25, 0.3) is 0 Å². The molecule has 1 heterocycles. The van der Waals surface area contributed by atoms with E-state index in [0.717, 1.165) is 32.0 Å². The summed E-state index contributed by atoms with van der Waals surface area (Å²) in [5.41, 5.74) is -0.0357. The predicted molar refractivity (Wildman–Crippen MR) is 123 cm³/mol. The Balaban J connectivity index is 1.76. The molecule has 0 aliphatic carbocycles. The minimum absolute atomic E-state index is 0.0603. The van der Waals surface area contributed by atoms with E-state index in [-0.39, 0.29) is 32.2 Å². The molecule has 0 saturated carbocycles. The van der Waals surface area contributed by atoms with E-state index < -0.39 is 28.3 Å². The Bertz CT molecular complexity index is 1110. The Kier molecular flexibility index (Phi) is 8.17. The number of rotatable bonds is 7. The van der Waals surface area contributed by atoms with Crippen molar-refractivity contribution in [3.8, 4) is 5.75 Å². The van der Waals surface area contributed by atoms with Gasteiger partial charge in [0.05, 0.1) is 15.5 Å². The topological polar surface area (TPSA) is 79.0 Å². The number of sulfonamides is 1. The number of amides is 1. The minimum Gasteiger partial charge on any atom is -0.432 e. The number of hydrogen-bond acceptors (Lipinski definition) is 5. The van der Waals surface area contributed by atoms with Crippen LogP contribution in [0.4, 0.5) is 14.5 Å². The zero-order chi connectivity index (χ0) is 24.3. The minimum atomic E-state index is -3.72. The molecular formula is C21H23Cl2F2N3O4S. The van der Waals surface area contributed by atoms with E-state index in [1.165, 1.54) is 34.6 Å². The van der Waals surface area contributed by atoms with Crippen LogP contribution in [0.2, 0.25) is 10.0 Å². The van der Waals surface area contributed by atoms with Crippen molar-refractivity contribution in [2.75, 3.05) is 32.5 Å². The van der Waals surface area contributed by atoms with Gasteiger partial charge in [0.25, 0.3) is 5.91 Å². The van der Waals surface area contributed by atoms with Crippen LogP contribution in [0, 0.1) is 0 Å². The van der Waals surface area contributed by atoms with Gasteiger partial charge in [0.15, 0.2) is 5.75 Å². The molecule has 0 atom stereocenters. The number of carbonyl (C=O) groups is 1. The van der Waals surface area contributed by atoms with Gasteiger partial charge in [-0.15, -0.1) is 0 Å². The summed E-state index contributed by atoms with van der Waals surface area (Å²) in [6, 6.07) is 7.80. The number of anilines is 1. The van der Waals surface area contributed by atoms with Crippen molar-refractivity contribution in [3.05, 3.63) is 52.0 Å². The molecule has 1 fully saturated rings. The van der Waals surface area contributed by atoms with Crippen LogP contribution < -0.4 is 10.1 Å². The molecule has 12 heteroatoms. The third-order valence-electron chi connectivity index (χ3n) is 5.45. The second kappa shape index (κ2) is 10.5. The van der Waals surface area contributed by atoms with Crippen molar-refractivity contribution < 1.29 is 26.7 Å². The lowest BCUT2D eigenvalue weighted by atomic mass is 10.1. The monoisotopic (exact) mass is 521 g/mol. The molecule has 1 saturated heterocycles. The van der Waals surface area contributed by atoms with E-state index in [9.17, 15) is 22.0 Å². The second-order valence-corrected chi connectivity index (χ2v) is 10.5. The lowest BCUT2D eigenvalue weighted by molar-refractivity contribution is -0.0500. The first-order chi connectivity index (χ1) is 15.5. The lowest BCUT2D eigenvalue weighted by Gasteiger charge is -2.34. The fourth-order valence-electron chi connectivity index (χ4n) is 3.57. The molecule has 180 valence electrons. The van der Waals surface area contributed by atoms with Crippen LogP contribution >= 0.6 is 23.2 Å². The van der Waals surface area contributed by atoms with Crippen molar-refractivity contribution in [1.82, 2.24) is 9.21 Å². The number of hydrogen-bond donors (Lipinski definition) is 1. The number of benzene rings is 2. The third kappa shape index (κ3) is 6.13. The summed E-state index contributed by atoms with van der Waals surface area (Å²) in [5, 5.41) is 2.32. The number of nitrogens with zero attached hydrogens (tertiary/aromatic N) is 2. The fraction of sp³-hybridized carbons (Fsp3) is 0.381. The summed E-state index contributed by atoms with van der Waals surface area (Å²) in [7, 11) is -0.159. The van der Waals surface area contributed by atoms with Gasteiger partial charge in [0, 0.05) is 23.8 Å². The van der Waals surface area contributed by atoms with E-state index >= 15 is 0 Å². The Morgan fingerprint density at radius 1 is 1.18 bits per heavy atom. The van der Waals surface area contributed by atoms with Crippen LogP contribution in [0.15, 0.2) is 41.3 Å². The number of likely N-dealkylation sites (tertiary alicyclic amines) is 1. The van der Waals surface area contributed by atoms with Gasteiger partial charge in [0.1, 0.15) is 0 Å². The van der Waals surface area contributed by atoms with Gasteiger partial charge in [-0.2, -0.15) is 13.1 Å². The predicted octanol–water partition coefficient (Wildman–Crippen LogP) is 4.56. The average Bonchev–Trinajstić information content (AvgIpc) is 2.75. The summed E-state index contributed by atoms with van der Waals surface area (Å²) in [6.45, 7) is -1.55. The lowest BCUT2D eigenvalue weighted by Crippen LogP contribution is -2.44. The molecule has 0 spiro atoms. The Labute approximate surface area is 201 Å². The first kappa shape index (κ1) is 25.6. The molecule has 33 heavy (non-hydrogen) atoms. The number of piperidine rings is 1. The molecule has 0 unspecified atom stereocenters. The first-order valence-electron chi connectivity index (χ1n) is 10.0. The van der Waals surface area contributed by atoms with E-state index in [1.54, 1.807) is 7.05 Å². The summed E-state index contributed by atoms with van der Waals surface area (Å²) in [5.74, 6) is -1.30. The van der Waals surface area contributed by atoms with E-state index in [0.29, 0.717) is 0 Å². The quantitative estimate of drug-likeness (QED) is 0.577. The molecule has 0 aromatic heterocycles. The maximum absolute atomic E-state index is 13.0. The van der Waals surface area contributed by atoms with Gasteiger partial charge in [-0.1, -0.05) is 23.2 Å². The molecule has 1 N–H and O–H groups in total. The van der Waals surface area contributed by atoms with Gasteiger partial charge in [-0.25, -0.2) is 8.42 Å². The Morgan fingerprint density at radius 3 is 2.36 bits per heavy atom. The van der Waals surface area contributed by atoms with Gasteiger partial charge < -0.3 is 15.0 Å². The maximum Gasteiger partial charge on any atom is 0.387 e. The average molecular weight is 522 g/mol. The molecule has 1 aliphatic rings. The highest BCUT2D eigenvalue weighted by Crippen LogP contribution is 2.34. The Hall–Kier alpha value is -1.98. The molecule has 2 aromatic rings. The molecule has 3 rings (SSSR count). The fourth-order valence-corrected chi connectivity index (χ4v) is 5.52. The Morgan fingerprint density at radius 2 is 1.79 bits per heavy atom. The number of carbonyl (C=O) groups excluding carboxylic acids is 1. The molecule has 0 radical (unpaired) electrons. The number of halogens is 4. The van der Waals surface area contributed by atoms with Crippen molar-refractivity contribution in [2.45, 2.75) is 30.4 Å². The smallest absolute Gasteiger partial charge is 0.387 e. The highest BCUT2D eigenvalue weighted by Gasteiger charge is 2.30. The van der Waals surface area contributed by atoms with E-state index in [1.807, 2.05) is 7.05 Å². The van der Waals surface area contributed by atoms with Gasteiger partial charge >= 0.3 is 6.61 Å². The standard InChI is InChI=1S/C21H23Cl2F2N3O4S/c1-27-9-7-15(8-10-27)28(2)33(30,31)16-5-3-14(4-6-16)26-20(29)17-11-13(22)12-18(23)19(17)32-21(24)25/h3-6,11-12,15,21H,7-10H2,1-2H3,(H,26,29). The molecule has 0 bridgehead atoms. The highest BCUT2D eigenvalue weighted by atomic mass is 35.5. The largest absolute Gasteiger partial charge is 0.432 e. The maximum atomic E-state index is 13.0. The van der Waals surface area contributed by atoms with Gasteiger partial charge in [0.2, 0.25) is 10.0 Å². The molecule has 7 nitrogen and oxygen atoms in total. The van der Waals surface area contributed by atoms with Gasteiger partial charge in [-0.05, 0) is 69.4 Å². The van der Waals surface area contributed by atoms with Crippen molar-refractivity contribution >= 4 is 44.8 Å². The van der Waals surface area contributed by atoms with E-state index in [4.69, 9.17) is 23.2 Å². The van der Waals surface area contributed by atoms with Crippen molar-refractivity contribution in [3.63, 3.8) is 0 Å². The zero-order valence-corrected chi connectivity index (χ0v) is 20.2. The molecule has 2 aromatic carbocycles. The van der Waals surface area contributed by atoms with Crippen LogP contribution in [0.1, 0.15) is 23.2 Å². The van der Waals surface area contributed by atoms with Crippen LogP contribution in [0.5, 0.6) is 5.75 Å². The second-order valence-electron chi connectivity index (χ2n) is 7.68. The summed E-state index contributed by atoms with van der Waals surface area (Å²) < 4.78 is 57.2.